The minimum atomic E-state index is -1.01. The number of amides is 1. The molecule has 0 unspecified atom stereocenters. The maximum absolute atomic E-state index is 12.8. The number of likely N-dealkylation sites (tertiary alicyclic amines) is 1. The lowest BCUT2D eigenvalue weighted by Gasteiger charge is -2.38. The van der Waals surface area contributed by atoms with Gasteiger partial charge in [0.1, 0.15) is 5.82 Å². The highest BCUT2D eigenvalue weighted by molar-refractivity contribution is 5.77. The normalized spacial score (nSPS) is 16.5. The fourth-order valence-electron chi connectivity index (χ4n) is 4.28. The molecule has 6 heteroatoms. The molecule has 2 N–H and O–H groups in total. The first kappa shape index (κ1) is 22.0. The molecule has 0 aliphatic carbocycles. The lowest BCUT2D eigenvalue weighted by Crippen LogP contribution is -2.48. The number of nitrogens with one attached hydrogen (secondary N) is 1. The van der Waals surface area contributed by atoms with E-state index in [1.54, 1.807) is 6.20 Å². The van der Waals surface area contributed by atoms with Gasteiger partial charge in [0.15, 0.2) is 0 Å². The average Bonchev–Trinajstić information content (AvgIpc) is 2.82. The van der Waals surface area contributed by atoms with Crippen molar-refractivity contribution in [1.82, 2.24) is 14.9 Å². The van der Waals surface area contributed by atoms with Crippen molar-refractivity contribution in [2.45, 2.75) is 44.1 Å². The molecule has 1 aliphatic rings. The molecule has 166 valence electrons. The van der Waals surface area contributed by atoms with Crippen molar-refractivity contribution in [3.63, 3.8) is 0 Å². The Morgan fingerprint density at radius 3 is 2.34 bits per heavy atom. The molecule has 1 fully saturated rings. The predicted octanol–water partition coefficient (Wildman–Crippen LogP) is 3.53. The summed E-state index contributed by atoms with van der Waals surface area (Å²) < 4.78 is 0. The molecule has 0 spiro atoms. The standard InChI is InChI=1S/C26H29N3O3/c1-19(20-8-4-2-5-9-20)16-23(30)29-14-12-26(32,13-15-29)17-22-18-27-24(28-25(22)31)21-10-6-3-7-11-21/h2-11,18-19,32H,12-17H2,1H3,(H,27,28,31)/t19-/m1/s1. The maximum atomic E-state index is 12.8. The van der Waals surface area contributed by atoms with Gasteiger partial charge in [-0.1, -0.05) is 67.6 Å². The molecule has 2 heterocycles. The molecule has 6 nitrogen and oxygen atoms in total. The molecule has 3 aromatic rings. The fourth-order valence-corrected chi connectivity index (χ4v) is 4.28. The van der Waals surface area contributed by atoms with Crippen molar-refractivity contribution in [1.29, 1.82) is 0 Å². The van der Waals surface area contributed by atoms with Crippen molar-refractivity contribution in [3.8, 4) is 11.4 Å². The number of piperidine rings is 1. The topological polar surface area (TPSA) is 86.3 Å². The summed E-state index contributed by atoms with van der Waals surface area (Å²) in [6.45, 7) is 3.04. The van der Waals surface area contributed by atoms with Gasteiger partial charge in [0, 0.05) is 43.3 Å². The molecule has 1 aromatic heterocycles. The number of benzene rings is 2. The van der Waals surface area contributed by atoms with E-state index < -0.39 is 5.60 Å². The first-order valence-corrected chi connectivity index (χ1v) is 11.1. The Morgan fingerprint density at radius 1 is 1.09 bits per heavy atom. The molecule has 1 saturated heterocycles. The Bertz CT molecular complexity index is 1100. The van der Waals surface area contributed by atoms with E-state index in [0.717, 1.165) is 11.1 Å². The van der Waals surface area contributed by atoms with Crippen LogP contribution in [0.5, 0.6) is 0 Å². The van der Waals surface area contributed by atoms with Gasteiger partial charge >= 0.3 is 0 Å². The second kappa shape index (κ2) is 9.49. The van der Waals surface area contributed by atoms with Crippen LogP contribution < -0.4 is 5.56 Å². The number of aromatic amines is 1. The SMILES string of the molecule is C[C@H](CC(=O)N1CCC(O)(Cc2cnc(-c3ccccc3)[nH]c2=O)CC1)c1ccccc1. The zero-order chi connectivity index (χ0) is 22.6. The second-order valence-electron chi connectivity index (χ2n) is 8.75. The first-order valence-electron chi connectivity index (χ1n) is 11.1. The van der Waals surface area contributed by atoms with Gasteiger partial charge in [0.05, 0.1) is 5.60 Å². The minimum Gasteiger partial charge on any atom is -0.389 e. The van der Waals surface area contributed by atoms with Gasteiger partial charge in [-0.2, -0.15) is 0 Å². The molecular formula is C26H29N3O3. The number of rotatable bonds is 6. The van der Waals surface area contributed by atoms with Crippen LogP contribution in [-0.4, -0.2) is 44.6 Å². The number of H-pyrrole nitrogens is 1. The zero-order valence-electron chi connectivity index (χ0n) is 18.3. The second-order valence-corrected chi connectivity index (χ2v) is 8.75. The molecule has 0 saturated carbocycles. The number of nitrogens with zero attached hydrogens (tertiary/aromatic N) is 2. The van der Waals surface area contributed by atoms with E-state index in [9.17, 15) is 14.7 Å². The lowest BCUT2D eigenvalue weighted by molar-refractivity contribution is -0.135. The minimum absolute atomic E-state index is 0.107. The summed E-state index contributed by atoms with van der Waals surface area (Å²) in [7, 11) is 0. The molecule has 1 amide bonds. The first-order chi connectivity index (χ1) is 15.4. The van der Waals surface area contributed by atoms with E-state index >= 15 is 0 Å². The summed E-state index contributed by atoms with van der Waals surface area (Å²) in [4.78, 5) is 34.4. The highest BCUT2D eigenvalue weighted by Crippen LogP contribution is 2.27. The van der Waals surface area contributed by atoms with Crippen LogP contribution in [0.25, 0.3) is 11.4 Å². The van der Waals surface area contributed by atoms with Crippen LogP contribution in [0.15, 0.2) is 71.7 Å². The van der Waals surface area contributed by atoms with Crippen LogP contribution in [0, 0.1) is 0 Å². The van der Waals surface area contributed by atoms with Crippen LogP contribution in [0.2, 0.25) is 0 Å². The number of carbonyl (C=O) groups excluding carboxylic acids is 1. The zero-order valence-corrected chi connectivity index (χ0v) is 18.3. The number of aromatic nitrogens is 2. The molecule has 0 radical (unpaired) electrons. The molecule has 4 rings (SSSR count). The molecular weight excluding hydrogens is 402 g/mol. The third kappa shape index (κ3) is 5.14. The van der Waals surface area contributed by atoms with Gasteiger partial charge < -0.3 is 15.0 Å². The van der Waals surface area contributed by atoms with E-state index in [2.05, 4.69) is 16.9 Å². The van der Waals surface area contributed by atoms with Crippen LogP contribution >= 0.6 is 0 Å². The molecule has 0 bridgehead atoms. The Kier molecular flexibility index (Phi) is 6.51. The van der Waals surface area contributed by atoms with E-state index in [0.29, 0.717) is 43.7 Å². The number of carbonyl (C=O) groups is 1. The Hall–Kier alpha value is -3.25. The van der Waals surface area contributed by atoms with Crippen molar-refractivity contribution in [2.24, 2.45) is 0 Å². The highest BCUT2D eigenvalue weighted by atomic mass is 16.3. The van der Waals surface area contributed by atoms with Gasteiger partial charge in [-0.3, -0.25) is 9.59 Å². The van der Waals surface area contributed by atoms with Crippen LogP contribution in [0.3, 0.4) is 0 Å². The van der Waals surface area contributed by atoms with Gasteiger partial charge in [-0.05, 0) is 24.3 Å². The predicted molar refractivity (Wildman–Crippen MR) is 124 cm³/mol. The molecule has 1 aliphatic heterocycles. The van der Waals surface area contributed by atoms with Crippen LogP contribution in [-0.2, 0) is 11.2 Å². The van der Waals surface area contributed by atoms with Crippen LogP contribution in [0.4, 0.5) is 0 Å². The maximum Gasteiger partial charge on any atom is 0.254 e. The van der Waals surface area contributed by atoms with E-state index in [-0.39, 0.29) is 23.8 Å². The van der Waals surface area contributed by atoms with Crippen molar-refractivity contribution < 1.29 is 9.90 Å². The summed E-state index contributed by atoms with van der Waals surface area (Å²) in [6.07, 6.45) is 3.12. The molecule has 2 aromatic carbocycles. The van der Waals surface area contributed by atoms with Gasteiger partial charge in [-0.15, -0.1) is 0 Å². The fraction of sp³-hybridized carbons (Fsp3) is 0.346. The quantitative estimate of drug-likeness (QED) is 0.625. The summed E-state index contributed by atoms with van der Waals surface area (Å²) in [5, 5.41) is 11.1. The molecule has 1 atom stereocenters. The summed E-state index contributed by atoms with van der Waals surface area (Å²) in [6, 6.07) is 19.5. The number of aliphatic hydroxyl groups is 1. The van der Waals surface area contributed by atoms with Crippen molar-refractivity contribution in [3.05, 3.63) is 88.3 Å². The summed E-state index contributed by atoms with van der Waals surface area (Å²) in [5.74, 6) is 0.770. The van der Waals surface area contributed by atoms with Gasteiger partial charge in [-0.25, -0.2) is 4.98 Å². The smallest absolute Gasteiger partial charge is 0.254 e. The number of hydrogen-bond donors (Lipinski definition) is 2. The van der Waals surface area contributed by atoms with E-state index in [4.69, 9.17) is 0 Å². The summed E-state index contributed by atoms with van der Waals surface area (Å²) in [5.41, 5.74) is 1.21. The van der Waals surface area contributed by atoms with Crippen molar-refractivity contribution >= 4 is 5.91 Å². The third-order valence-electron chi connectivity index (χ3n) is 6.34. The Labute approximate surface area is 188 Å². The van der Waals surface area contributed by atoms with E-state index in [1.165, 1.54) is 0 Å². The Morgan fingerprint density at radius 2 is 1.72 bits per heavy atom. The van der Waals surface area contributed by atoms with E-state index in [1.807, 2.05) is 65.6 Å². The average molecular weight is 432 g/mol. The third-order valence-corrected chi connectivity index (χ3v) is 6.34. The summed E-state index contributed by atoms with van der Waals surface area (Å²) >= 11 is 0. The van der Waals surface area contributed by atoms with Crippen LogP contribution in [0.1, 0.15) is 43.2 Å². The molecule has 32 heavy (non-hydrogen) atoms. The Balaban J connectivity index is 1.35. The number of hydrogen-bond acceptors (Lipinski definition) is 4. The monoisotopic (exact) mass is 431 g/mol. The highest BCUT2D eigenvalue weighted by Gasteiger charge is 2.35. The van der Waals surface area contributed by atoms with Gasteiger partial charge in [0.2, 0.25) is 5.91 Å². The largest absolute Gasteiger partial charge is 0.389 e. The lowest BCUT2D eigenvalue weighted by atomic mass is 9.85. The van der Waals surface area contributed by atoms with Gasteiger partial charge in [0.25, 0.3) is 5.56 Å². The van der Waals surface area contributed by atoms with Crippen molar-refractivity contribution in [2.75, 3.05) is 13.1 Å².